The number of aromatic nitrogens is 2. The molecule has 0 amide bonds. The van der Waals surface area contributed by atoms with Gasteiger partial charge in [-0.2, -0.15) is 4.37 Å². The number of carbonyl (C=O) groups is 2. The molecule has 1 aromatic heterocycles. The van der Waals surface area contributed by atoms with Crippen molar-refractivity contribution in [2.45, 2.75) is 92.4 Å². The standard InChI is InChI=1S/C20H34N3O3S.C6H11ClO2.ClH/c1-6-7-8-9-13-25-19-18(21-27-22-19)17-11-10-12-23(5,14-17)16(4)26-20(24)15(2)3;1-4(2)6(8)9-5(3)7;/h11,15-16H,6-10,12-14H2,1-5H3;4-5H,1-3H3;1H/q+1;;/p-1. The van der Waals surface area contributed by atoms with Crippen LogP contribution in [0.1, 0.15) is 86.3 Å². The number of carbonyl (C=O) groups excluding carboxylic acids is 2. The van der Waals surface area contributed by atoms with E-state index >= 15 is 0 Å². The molecule has 1 aliphatic rings. The van der Waals surface area contributed by atoms with Gasteiger partial charge >= 0.3 is 11.9 Å². The second kappa shape index (κ2) is 18.0. The molecule has 0 spiro atoms. The van der Waals surface area contributed by atoms with Gasteiger partial charge in [-0.15, -0.1) is 4.37 Å². The Balaban J connectivity index is 0.00000111. The van der Waals surface area contributed by atoms with Crippen LogP contribution in [0.3, 0.4) is 0 Å². The van der Waals surface area contributed by atoms with Crippen LogP contribution in [0.5, 0.6) is 5.88 Å². The zero-order valence-electron chi connectivity index (χ0n) is 23.6. The summed E-state index contributed by atoms with van der Waals surface area (Å²) in [5, 5.41) is 0. The van der Waals surface area contributed by atoms with Crippen LogP contribution < -0.4 is 17.1 Å². The lowest BCUT2D eigenvalue weighted by Gasteiger charge is -2.41. The van der Waals surface area contributed by atoms with Gasteiger partial charge in [0.05, 0.1) is 43.8 Å². The topological polar surface area (TPSA) is 87.6 Å². The van der Waals surface area contributed by atoms with E-state index in [4.69, 9.17) is 21.1 Å². The Hall–Kier alpha value is -1.42. The van der Waals surface area contributed by atoms with Crippen molar-refractivity contribution in [2.24, 2.45) is 11.8 Å². The molecule has 2 heterocycles. The number of nitrogens with zero attached hydrogens (tertiary/aromatic N) is 3. The largest absolute Gasteiger partial charge is 1.00 e. The third-order valence-corrected chi connectivity index (χ3v) is 6.55. The lowest BCUT2D eigenvalue weighted by atomic mass is 10.0. The Morgan fingerprint density at radius 1 is 1.03 bits per heavy atom. The van der Waals surface area contributed by atoms with E-state index in [9.17, 15) is 9.59 Å². The van der Waals surface area contributed by atoms with Gasteiger partial charge in [0.25, 0.3) is 5.88 Å². The number of halogens is 2. The summed E-state index contributed by atoms with van der Waals surface area (Å²) < 4.78 is 25.7. The Morgan fingerprint density at radius 2 is 1.65 bits per heavy atom. The van der Waals surface area contributed by atoms with Gasteiger partial charge in [-0.25, -0.2) is 0 Å². The number of hydrogen-bond acceptors (Lipinski definition) is 8. The molecule has 0 aliphatic carbocycles. The predicted molar refractivity (Wildman–Crippen MR) is 145 cm³/mol. The van der Waals surface area contributed by atoms with Crippen LogP contribution in [0.2, 0.25) is 0 Å². The molecule has 0 fully saturated rings. The van der Waals surface area contributed by atoms with Gasteiger partial charge in [-0.3, -0.25) is 14.1 Å². The average molecular weight is 583 g/mol. The second-order valence-electron chi connectivity index (χ2n) is 10.0. The summed E-state index contributed by atoms with van der Waals surface area (Å²) in [5.74, 6) is 0.0328. The lowest BCUT2D eigenvalue weighted by molar-refractivity contribution is -0.944. The monoisotopic (exact) mass is 581 g/mol. The molecule has 1 aliphatic heterocycles. The van der Waals surface area contributed by atoms with E-state index in [0.29, 0.717) is 17.0 Å². The first-order chi connectivity index (χ1) is 16.9. The minimum absolute atomic E-state index is 0. The molecular formula is C26H45Cl2N3O5S. The zero-order valence-corrected chi connectivity index (χ0v) is 25.9. The highest BCUT2D eigenvalue weighted by Crippen LogP contribution is 2.31. The molecule has 8 nitrogen and oxygen atoms in total. The Bertz CT molecular complexity index is 848. The number of quaternary nitrogens is 1. The van der Waals surface area contributed by atoms with Crippen molar-refractivity contribution < 1.29 is 40.7 Å². The van der Waals surface area contributed by atoms with Gasteiger partial charge in [-0.1, -0.05) is 71.6 Å². The highest BCUT2D eigenvalue weighted by Gasteiger charge is 2.37. The number of hydrogen-bond donors (Lipinski definition) is 0. The highest BCUT2D eigenvalue weighted by atomic mass is 35.5. The van der Waals surface area contributed by atoms with Crippen molar-refractivity contribution in [3.05, 3.63) is 11.8 Å². The van der Waals surface area contributed by atoms with E-state index in [0.717, 1.165) is 37.2 Å². The molecule has 37 heavy (non-hydrogen) atoms. The molecular weight excluding hydrogens is 537 g/mol. The van der Waals surface area contributed by atoms with Crippen molar-refractivity contribution in [2.75, 3.05) is 26.7 Å². The van der Waals surface area contributed by atoms with Gasteiger partial charge < -0.3 is 26.6 Å². The highest BCUT2D eigenvalue weighted by molar-refractivity contribution is 6.99. The number of likely N-dealkylation sites (N-methyl/N-ethyl adjacent to an activating group) is 1. The summed E-state index contributed by atoms with van der Waals surface area (Å²) in [6, 6.07) is 0. The maximum atomic E-state index is 12.0. The smallest absolute Gasteiger partial charge is 0.312 e. The first-order valence-corrected chi connectivity index (χ1v) is 14.1. The maximum Gasteiger partial charge on any atom is 0.312 e. The third-order valence-electron chi connectivity index (χ3n) is 5.95. The number of esters is 2. The Labute approximate surface area is 238 Å². The van der Waals surface area contributed by atoms with Crippen LogP contribution in [0.25, 0.3) is 5.57 Å². The molecule has 0 aromatic carbocycles. The first kappa shape index (κ1) is 35.6. The quantitative estimate of drug-likeness (QED) is 0.162. The second-order valence-corrected chi connectivity index (χ2v) is 11.2. The molecule has 214 valence electrons. The summed E-state index contributed by atoms with van der Waals surface area (Å²) in [4.78, 5) is 22.7. The van der Waals surface area contributed by atoms with Crippen LogP contribution in [-0.4, -0.2) is 63.7 Å². The van der Waals surface area contributed by atoms with Crippen LogP contribution >= 0.6 is 23.3 Å². The summed E-state index contributed by atoms with van der Waals surface area (Å²) in [6.07, 6.45) is 7.61. The van der Waals surface area contributed by atoms with Crippen molar-refractivity contribution in [3.63, 3.8) is 0 Å². The molecule has 1 aromatic rings. The summed E-state index contributed by atoms with van der Waals surface area (Å²) in [5.41, 5.74) is 1.47. The van der Waals surface area contributed by atoms with Crippen LogP contribution in [-0.2, 0) is 19.1 Å². The van der Waals surface area contributed by atoms with Gasteiger partial charge in [-0.05, 0) is 13.3 Å². The lowest BCUT2D eigenvalue weighted by Crippen LogP contribution is -3.00. The molecule has 11 heteroatoms. The minimum atomic E-state index is -0.514. The van der Waals surface area contributed by atoms with Crippen molar-refractivity contribution in [1.29, 1.82) is 0 Å². The Morgan fingerprint density at radius 3 is 2.19 bits per heavy atom. The molecule has 3 atom stereocenters. The van der Waals surface area contributed by atoms with Gasteiger partial charge in [0.2, 0.25) is 6.23 Å². The van der Waals surface area contributed by atoms with Gasteiger partial charge in [0, 0.05) is 18.9 Å². The van der Waals surface area contributed by atoms with E-state index in [1.807, 2.05) is 20.8 Å². The molecule has 0 radical (unpaired) electrons. The SMILES string of the molecule is CC(Cl)OC(=O)C(C)C.CCCCCCOc1nsnc1C1=CCC[N+](C)(C(C)OC(=O)C(C)C)C1.[Cl-]. The van der Waals surface area contributed by atoms with E-state index in [2.05, 4.69) is 33.5 Å². The first-order valence-electron chi connectivity index (χ1n) is 12.9. The summed E-state index contributed by atoms with van der Waals surface area (Å²) >= 11 is 6.57. The predicted octanol–water partition coefficient (Wildman–Crippen LogP) is 3.05. The summed E-state index contributed by atoms with van der Waals surface area (Å²) in [7, 11) is 2.14. The van der Waals surface area contributed by atoms with Crippen LogP contribution in [0, 0.1) is 11.8 Å². The van der Waals surface area contributed by atoms with E-state index in [1.165, 1.54) is 31.0 Å². The fourth-order valence-electron chi connectivity index (χ4n) is 3.44. The fourth-order valence-corrected chi connectivity index (χ4v) is 4.06. The average Bonchev–Trinajstić information content (AvgIpc) is 3.27. The van der Waals surface area contributed by atoms with E-state index in [1.54, 1.807) is 20.8 Å². The zero-order chi connectivity index (χ0) is 27.3. The Kier molecular flexibility index (Phi) is 17.3. The van der Waals surface area contributed by atoms with Crippen molar-refractivity contribution >= 4 is 40.8 Å². The number of unbranched alkanes of at least 4 members (excludes halogenated alkanes) is 3. The molecule has 0 saturated heterocycles. The molecule has 2 rings (SSSR count). The molecule has 3 unspecified atom stereocenters. The maximum absolute atomic E-state index is 12.0. The van der Waals surface area contributed by atoms with E-state index < -0.39 is 5.56 Å². The molecule has 0 saturated carbocycles. The fraction of sp³-hybridized carbons (Fsp3) is 0.769. The van der Waals surface area contributed by atoms with Gasteiger partial charge in [0.15, 0.2) is 5.56 Å². The van der Waals surface area contributed by atoms with Crippen molar-refractivity contribution in [1.82, 2.24) is 8.75 Å². The van der Waals surface area contributed by atoms with Gasteiger partial charge in [0.1, 0.15) is 12.2 Å². The molecule has 0 bridgehead atoms. The number of ether oxygens (including phenoxy) is 3. The van der Waals surface area contributed by atoms with Crippen molar-refractivity contribution in [3.8, 4) is 5.88 Å². The minimum Gasteiger partial charge on any atom is -1.00 e. The molecule has 0 N–H and O–H groups in total. The van der Waals surface area contributed by atoms with Crippen LogP contribution in [0.15, 0.2) is 6.08 Å². The third kappa shape index (κ3) is 12.8. The normalized spacial score (nSPS) is 18.6. The summed E-state index contributed by atoms with van der Waals surface area (Å²) in [6.45, 7) is 15.4. The van der Waals surface area contributed by atoms with Crippen LogP contribution in [0.4, 0.5) is 0 Å². The number of rotatable bonds is 12. The van der Waals surface area contributed by atoms with E-state index in [-0.39, 0.29) is 42.4 Å². The number of alkyl halides is 1.